The standard InChI is InChI=1S/C18H18Cl2N4O3S/c1-27-15(25)8-23-5-4-18(9-23)10-24(13-3-2-11(19)6-12(13)18)17(26)22-16-21-7-14(20)28-16/h2-3,6-7H,4-5,8-10H2,1H3,(H,21,22,26). The number of likely N-dealkylation sites (tertiary alicyclic amines) is 1. The number of carbonyl (C=O) groups is 2. The molecule has 0 bridgehead atoms. The molecule has 28 heavy (non-hydrogen) atoms. The summed E-state index contributed by atoms with van der Waals surface area (Å²) in [6.45, 7) is 2.14. The van der Waals surface area contributed by atoms with Gasteiger partial charge in [0.05, 0.1) is 19.9 Å². The Morgan fingerprint density at radius 3 is 2.89 bits per heavy atom. The summed E-state index contributed by atoms with van der Waals surface area (Å²) in [4.78, 5) is 32.5. The maximum atomic E-state index is 12.9. The lowest BCUT2D eigenvalue weighted by Crippen LogP contribution is -2.41. The number of aromatic nitrogens is 1. The zero-order valence-corrected chi connectivity index (χ0v) is 17.4. The van der Waals surface area contributed by atoms with E-state index in [1.54, 1.807) is 11.0 Å². The number of rotatable bonds is 3. The number of hydrogen-bond donors (Lipinski definition) is 1. The second kappa shape index (κ2) is 7.51. The van der Waals surface area contributed by atoms with Crippen molar-refractivity contribution in [1.82, 2.24) is 9.88 Å². The maximum Gasteiger partial charge on any atom is 0.328 e. The second-order valence-electron chi connectivity index (χ2n) is 6.96. The van der Waals surface area contributed by atoms with Crippen molar-refractivity contribution >= 4 is 57.4 Å². The van der Waals surface area contributed by atoms with Crippen LogP contribution in [0.1, 0.15) is 12.0 Å². The Bertz CT molecular complexity index is 937. The number of benzene rings is 1. The number of anilines is 2. The van der Waals surface area contributed by atoms with Crippen molar-refractivity contribution in [1.29, 1.82) is 0 Å². The molecule has 1 N–H and O–H groups in total. The van der Waals surface area contributed by atoms with Crippen LogP contribution in [-0.4, -0.2) is 55.2 Å². The molecule has 3 heterocycles. The number of urea groups is 1. The van der Waals surface area contributed by atoms with Crippen LogP contribution >= 0.6 is 34.5 Å². The number of esters is 1. The molecule has 0 radical (unpaired) electrons. The molecule has 148 valence electrons. The van der Waals surface area contributed by atoms with Gasteiger partial charge in [0, 0.05) is 29.2 Å². The zero-order valence-electron chi connectivity index (χ0n) is 15.1. The summed E-state index contributed by atoms with van der Waals surface area (Å²) in [6.07, 6.45) is 2.33. The van der Waals surface area contributed by atoms with E-state index in [0.29, 0.717) is 27.6 Å². The number of hydrogen-bond acceptors (Lipinski definition) is 6. The average molecular weight is 441 g/mol. The van der Waals surface area contributed by atoms with Crippen LogP contribution in [0.25, 0.3) is 0 Å². The Morgan fingerprint density at radius 1 is 1.36 bits per heavy atom. The second-order valence-corrected chi connectivity index (χ2v) is 9.06. The third-order valence-electron chi connectivity index (χ3n) is 5.23. The molecule has 1 spiro atoms. The van der Waals surface area contributed by atoms with Gasteiger partial charge in [0.1, 0.15) is 4.34 Å². The van der Waals surface area contributed by atoms with Gasteiger partial charge in [-0.3, -0.25) is 19.9 Å². The minimum atomic E-state index is -0.272. The van der Waals surface area contributed by atoms with E-state index in [-0.39, 0.29) is 24.0 Å². The third-order valence-corrected chi connectivity index (χ3v) is 6.50. The van der Waals surface area contributed by atoms with Crippen molar-refractivity contribution in [2.75, 3.05) is 43.5 Å². The van der Waals surface area contributed by atoms with Gasteiger partial charge in [-0.2, -0.15) is 0 Å². The molecule has 1 saturated heterocycles. The van der Waals surface area contributed by atoms with Crippen LogP contribution in [0.15, 0.2) is 24.4 Å². The Balaban J connectivity index is 1.60. The fraction of sp³-hybridized carbons (Fsp3) is 0.389. The monoisotopic (exact) mass is 440 g/mol. The normalized spacial score (nSPS) is 21.2. The number of nitrogens with one attached hydrogen (secondary N) is 1. The summed E-state index contributed by atoms with van der Waals surface area (Å²) >= 11 is 13.4. The number of ether oxygens (including phenoxy) is 1. The lowest BCUT2D eigenvalue weighted by molar-refractivity contribution is -0.141. The number of thiazole rings is 1. The molecular weight excluding hydrogens is 423 g/mol. The van der Waals surface area contributed by atoms with Crippen molar-refractivity contribution in [2.24, 2.45) is 0 Å². The van der Waals surface area contributed by atoms with Crippen molar-refractivity contribution < 1.29 is 14.3 Å². The van der Waals surface area contributed by atoms with Crippen molar-refractivity contribution in [3.05, 3.63) is 39.3 Å². The van der Waals surface area contributed by atoms with Gasteiger partial charge < -0.3 is 4.74 Å². The average Bonchev–Trinajstić information content (AvgIpc) is 3.34. The molecule has 2 aromatic rings. The molecule has 7 nitrogen and oxygen atoms in total. The molecule has 2 aliphatic heterocycles. The van der Waals surface area contributed by atoms with Crippen molar-refractivity contribution in [2.45, 2.75) is 11.8 Å². The van der Waals surface area contributed by atoms with E-state index in [1.807, 2.05) is 12.1 Å². The molecule has 1 aromatic heterocycles. The summed E-state index contributed by atoms with van der Waals surface area (Å²) in [6, 6.07) is 5.30. The molecule has 0 saturated carbocycles. The number of halogens is 2. The number of carbonyl (C=O) groups excluding carboxylic acids is 2. The Kier molecular flexibility index (Phi) is 5.22. The SMILES string of the molecule is COC(=O)CN1CCC2(C1)CN(C(=O)Nc1ncc(Cl)s1)c1ccc(Cl)cc12. The van der Waals surface area contributed by atoms with Crippen molar-refractivity contribution in [3.63, 3.8) is 0 Å². The third kappa shape index (κ3) is 3.57. The number of methoxy groups -OCH3 is 1. The molecule has 4 rings (SSSR count). The van der Waals surface area contributed by atoms with Gasteiger partial charge in [-0.15, -0.1) is 0 Å². The van der Waals surface area contributed by atoms with Gasteiger partial charge in [-0.1, -0.05) is 34.5 Å². The van der Waals surface area contributed by atoms with E-state index < -0.39 is 0 Å². The first-order valence-corrected chi connectivity index (χ1v) is 10.3. The summed E-state index contributed by atoms with van der Waals surface area (Å²) in [5, 5.41) is 3.88. The van der Waals surface area contributed by atoms with E-state index >= 15 is 0 Å². The maximum absolute atomic E-state index is 12.9. The topological polar surface area (TPSA) is 74.8 Å². The quantitative estimate of drug-likeness (QED) is 0.737. The van der Waals surface area contributed by atoms with E-state index in [2.05, 4.69) is 15.2 Å². The first-order valence-electron chi connectivity index (χ1n) is 8.69. The Hall–Kier alpha value is -1.87. The highest BCUT2D eigenvalue weighted by Crippen LogP contribution is 2.47. The van der Waals surface area contributed by atoms with Crippen molar-refractivity contribution in [3.8, 4) is 0 Å². The van der Waals surface area contributed by atoms with Crippen LogP contribution in [0.4, 0.5) is 15.6 Å². The Labute approximate surface area is 176 Å². The molecule has 2 aliphatic rings. The largest absolute Gasteiger partial charge is 0.468 e. The summed E-state index contributed by atoms with van der Waals surface area (Å²) in [5.41, 5.74) is 1.58. The van der Waals surface area contributed by atoms with Gasteiger partial charge in [0.2, 0.25) is 0 Å². The molecular formula is C18H18Cl2N4O3S. The van der Waals surface area contributed by atoms with Gasteiger partial charge in [-0.25, -0.2) is 9.78 Å². The molecule has 1 fully saturated rings. The summed E-state index contributed by atoms with van der Waals surface area (Å²) in [5.74, 6) is -0.267. The summed E-state index contributed by atoms with van der Waals surface area (Å²) in [7, 11) is 1.38. The lowest BCUT2D eigenvalue weighted by Gasteiger charge is -2.25. The fourth-order valence-corrected chi connectivity index (χ4v) is 4.96. The van der Waals surface area contributed by atoms with Crippen LogP contribution in [0.2, 0.25) is 9.36 Å². The van der Waals surface area contributed by atoms with E-state index in [4.69, 9.17) is 27.9 Å². The van der Waals surface area contributed by atoms with Gasteiger partial charge in [-0.05, 0) is 36.7 Å². The van der Waals surface area contributed by atoms with Crippen LogP contribution in [0, 0.1) is 0 Å². The van der Waals surface area contributed by atoms with E-state index in [1.165, 1.54) is 24.6 Å². The van der Waals surface area contributed by atoms with Crippen LogP contribution in [0.3, 0.4) is 0 Å². The van der Waals surface area contributed by atoms with Crippen LogP contribution in [-0.2, 0) is 14.9 Å². The number of nitrogens with zero attached hydrogens (tertiary/aromatic N) is 3. The molecule has 2 amide bonds. The molecule has 1 unspecified atom stereocenters. The van der Waals surface area contributed by atoms with Gasteiger partial charge in [0.15, 0.2) is 5.13 Å². The molecule has 10 heteroatoms. The van der Waals surface area contributed by atoms with E-state index in [9.17, 15) is 9.59 Å². The predicted octanol–water partition coefficient (Wildman–Crippen LogP) is 3.62. The highest BCUT2D eigenvalue weighted by molar-refractivity contribution is 7.19. The fourth-order valence-electron chi connectivity index (χ4n) is 3.98. The van der Waals surface area contributed by atoms with Crippen LogP contribution < -0.4 is 10.2 Å². The molecule has 0 aliphatic carbocycles. The molecule has 1 aromatic carbocycles. The Morgan fingerprint density at radius 2 is 2.18 bits per heavy atom. The minimum Gasteiger partial charge on any atom is -0.468 e. The van der Waals surface area contributed by atoms with Gasteiger partial charge >= 0.3 is 12.0 Å². The van der Waals surface area contributed by atoms with Crippen LogP contribution in [0.5, 0.6) is 0 Å². The first kappa shape index (κ1) is 19.4. The smallest absolute Gasteiger partial charge is 0.328 e. The minimum absolute atomic E-state index is 0.234. The lowest BCUT2D eigenvalue weighted by atomic mass is 9.81. The number of fused-ring (bicyclic) bond motifs is 2. The zero-order chi connectivity index (χ0) is 19.9. The number of amides is 2. The van der Waals surface area contributed by atoms with E-state index in [0.717, 1.165) is 24.2 Å². The highest BCUT2D eigenvalue weighted by Gasteiger charge is 2.49. The highest BCUT2D eigenvalue weighted by atomic mass is 35.5. The van der Waals surface area contributed by atoms with Gasteiger partial charge in [0.25, 0.3) is 0 Å². The first-order chi connectivity index (χ1) is 13.4. The predicted molar refractivity (Wildman–Crippen MR) is 110 cm³/mol. The summed E-state index contributed by atoms with van der Waals surface area (Å²) < 4.78 is 5.30. The molecule has 1 atom stereocenters.